The van der Waals surface area contributed by atoms with Crippen molar-refractivity contribution in [3.63, 3.8) is 0 Å². The Morgan fingerprint density at radius 2 is 1.96 bits per heavy atom. The van der Waals surface area contributed by atoms with E-state index in [0.717, 1.165) is 11.6 Å². The van der Waals surface area contributed by atoms with E-state index in [9.17, 15) is 17.7 Å². The van der Waals surface area contributed by atoms with E-state index in [2.05, 4.69) is 20.8 Å². The Morgan fingerprint density at radius 3 is 2.56 bits per heavy atom. The van der Waals surface area contributed by atoms with E-state index >= 15 is 0 Å². The van der Waals surface area contributed by atoms with Crippen LogP contribution in [-0.2, 0) is 16.8 Å². The van der Waals surface area contributed by atoms with Gasteiger partial charge >= 0.3 is 51.4 Å². The van der Waals surface area contributed by atoms with Crippen molar-refractivity contribution < 1.29 is 73.8 Å². The minimum Gasteiger partial charge on any atom is -0.487 e. The summed E-state index contributed by atoms with van der Waals surface area (Å²) in [6.07, 6.45) is 0. The summed E-state index contributed by atoms with van der Waals surface area (Å²) < 4.78 is 44.8. The van der Waals surface area contributed by atoms with Gasteiger partial charge in [0, 0.05) is 9.38 Å². The molecule has 11 heteroatoms. The zero-order chi connectivity index (χ0) is 17.3. The van der Waals surface area contributed by atoms with Gasteiger partial charge in [-0.25, -0.2) is 17.1 Å². The number of anilines is 1. The van der Waals surface area contributed by atoms with Gasteiger partial charge in [0.25, 0.3) is 6.67 Å². The topological polar surface area (TPSA) is 80.8 Å². The fourth-order valence-electron chi connectivity index (χ4n) is 2.18. The second kappa shape index (κ2) is 8.42. The molecular weight excluding hydrogens is 444 g/mol. The largest absolute Gasteiger partial charge is 1.00 e. The fourth-order valence-corrected chi connectivity index (χ4v) is 3.62. The van der Waals surface area contributed by atoms with Crippen molar-refractivity contribution in [2.75, 3.05) is 11.0 Å². The molecule has 0 amide bonds. The van der Waals surface area contributed by atoms with E-state index < -0.39 is 22.7 Å². The Kier molecular flexibility index (Phi) is 6.99. The first-order chi connectivity index (χ1) is 11.4. The summed E-state index contributed by atoms with van der Waals surface area (Å²) >= 11 is 3.14. The molecule has 0 saturated carbocycles. The van der Waals surface area contributed by atoms with E-state index in [1.807, 2.05) is 30.3 Å². The zero-order valence-corrected chi connectivity index (χ0v) is 18.6. The summed E-state index contributed by atoms with van der Waals surface area (Å²) in [4.78, 5) is 14.2. The van der Waals surface area contributed by atoms with E-state index in [1.54, 1.807) is 0 Å². The van der Waals surface area contributed by atoms with Crippen LogP contribution < -0.4 is 60.4 Å². The van der Waals surface area contributed by atoms with Gasteiger partial charge in [0.1, 0.15) is 18.0 Å². The molecule has 2 aromatic carbocycles. The van der Waals surface area contributed by atoms with Gasteiger partial charge in [0.05, 0.1) is 0 Å². The number of hydrogen-bond acceptors (Lipinski definition) is 4. The fraction of sp³-hybridized carbons (Fsp3) is 0.143. The third kappa shape index (κ3) is 4.79. The van der Waals surface area contributed by atoms with Crippen LogP contribution in [0.15, 0.2) is 46.9 Å². The van der Waals surface area contributed by atoms with Crippen LogP contribution >= 0.6 is 15.9 Å². The molecule has 0 aliphatic carbocycles. The third-order valence-electron chi connectivity index (χ3n) is 3.20. The molecule has 1 heterocycles. The molecule has 1 aliphatic heterocycles. The summed E-state index contributed by atoms with van der Waals surface area (Å²) in [5, 5.41) is 0. The van der Waals surface area contributed by atoms with Crippen molar-refractivity contribution >= 4 is 31.8 Å². The number of ether oxygens (including phenoxy) is 1. The monoisotopic (exact) mass is 454 g/mol. The van der Waals surface area contributed by atoms with Gasteiger partial charge in [0.2, 0.25) is 10.2 Å². The van der Waals surface area contributed by atoms with E-state index in [1.165, 1.54) is 6.07 Å². The standard InChI is InChI=1S/C14H11BrFN3O4S.K/c15-11-6-12(16)14(18-9-19(20)17-24(18,21)22)13(7-11)23-8-10-4-2-1-3-5-10;/h1-7H,8-9H2;/q;+1. The molecule has 1 fully saturated rings. The Labute approximate surface area is 194 Å². The number of rotatable bonds is 4. The summed E-state index contributed by atoms with van der Waals surface area (Å²) in [7, 11) is -4.29. The number of hydrogen-bond donors (Lipinski definition) is 0. The maximum atomic E-state index is 14.4. The third-order valence-corrected chi connectivity index (χ3v) is 4.90. The van der Waals surface area contributed by atoms with Crippen molar-refractivity contribution in [1.82, 2.24) is 0 Å². The van der Waals surface area contributed by atoms with Gasteiger partial charge < -0.3 is 4.74 Å². The molecule has 3 rings (SSSR count). The molecule has 7 nitrogen and oxygen atoms in total. The quantitative estimate of drug-likeness (QED) is 0.490. The summed E-state index contributed by atoms with van der Waals surface area (Å²) in [6.45, 7) is -0.529. The molecule has 0 bridgehead atoms. The molecule has 126 valence electrons. The minimum absolute atomic E-state index is 0. The van der Waals surface area contributed by atoms with E-state index in [0.29, 0.717) is 8.78 Å². The average molecular weight is 455 g/mol. The number of halogens is 2. The molecule has 0 spiro atoms. The van der Waals surface area contributed by atoms with Gasteiger partial charge in [-0.1, -0.05) is 46.3 Å². The van der Waals surface area contributed by atoms with Gasteiger partial charge in [-0.2, -0.15) is 0 Å². The van der Waals surface area contributed by atoms with Gasteiger partial charge in [0.15, 0.2) is 5.82 Å². The molecule has 0 atom stereocenters. The van der Waals surface area contributed by atoms with Crippen molar-refractivity contribution in [2.24, 2.45) is 0 Å². The minimum atomic E-state index is -4.29. The van der Waals surface area contributed by atoms with Crippen LogP contribution in [0.5, 0.6) is 5.75 Å². The number of nitroso groups, excluding NO2 is 1. The second-order valence-electron chi connectivity index (χ2n) is 4.91. The Bertz CT molecular complexity index is 898. The first kappa shape index (κ1) is 20.7. The molecule has 1 aliphatic rings. The average Bonchev–Trinajstić information content (AvgIpc) is 2.78. The number of benzene rings is 2. The van der Waals surface area contributed by atoms with Crippen molar-refractivity contribution in [1.29, 1.82) is 0 Å². The molecule has 25 heavy (non-hydrogen) atoms. The van der Waals surface area contributed by atoms with Crippen molar-refractivity contribution in [2.45, 2.75) is 6.61 Å². The molecule has 1 saturated heterocycles. The summed E-state index contributed by atoms with van der Waals surface area (Å²) in [5.74, 6) is -0.860. The van der Waals surface area contributed by atoms with Crippen molar-refractivity contribution in [3.05, 3.63) is 68.1 Å². The SMILES string of the molecule is O=[N+]1CN(c2c(F)cc(Br)cc2OCc2ccccc2)S(=O)(=O)[N-]1.[K+]. The predicted octanol–water partition coefficient (Wildman–Crippen LogP) is 0.261. The first-order valence-electron chi connectivity index (χ1n) is 6.73. The second-order valence-corrected chi connectivity index (χ2v) is 7.33. The molecule has 0 unspecified atom stereocenters. The smallest absolute Gasteiger partial charge is 0.487 e. The maximum absolute atomic E-state index is 14.4. The molecule has 0 N–H and O–H groups in total. The molecular formula is C14H11BrFKN3O4S+. The normalized spacial score (nSPS) is 15.4. The van der Waals surface area contributed by atoms with Crippen LogP contribution in [0, 0.1) is 10.7 Å². The van der Waals surface area contributed by atoms with Crippen LogP contribution in [0.4, 0.5) is 10.1 Å². The first-order valence-corrected chi connectivity index (χ1v) is 8.92. The molecule has 0 aromatic heterocycles. The maximum Gasteiger partial charge on any atom is 1.00 e. The summed E-state index contributed by atoms with van der Waals surface area (Å²) in [6, 6.07) is 11.6. The Balaban J connectivity index is 0.00000225. The van der Waals surface area contributed by atoms with E-state index in [4.69, 9.17) is 4.74 Å². The Hall–Kier alpha value is -0.564. The van der Waals surface area contributed by atoms with Crippen LogP contribution in [-0.4, -0.2) is 20.0 Å². The van der Waals surface area contributed by atoms with Crippen molar-refractivity contribution in [3.8, 4) is 5.75 Å². The van der Waals surface area contributed by atoms with Gasteiger partial charge in [-0.05, 0) is 22.6 Å². The Morgan fingerprint density at radius 1 is 1.28 bits per heavy atom. The predicted molar refractivity (Wildman–Crippen MR) is 88.1 cm³/mol. The number of nitrogens with zero attached hydrogens (tertiary/aromatic N) is 3. The van der Waals surface area contributed by atoms with Crippen LogP contribution in [0.3, 0.4) is 0 Å². The molecule has 2 aromatic rings. The van der Waals surface area contributed by atoms with Crippen LogP contribution in [0.2, 0.25) is 0 Å². The zero-order valence-electron chi connectivity index (χ0n) is 13.1. The summed E-state index contributed by atoms with van der Waals surface area (Å²) in [5.41, 5.74) is 0.472. The molecule has 0 radical (unpaired) electrons. The van der Waals surface area contributed by atoms with Crippen LogP contribution in [0.1, 0.15) is 5.56 Å². The van der Waals surface area contributed by atoms with Gasteiger partial charge in [-0.15, -0.1) is 0 Å². The van der Waals surface area contributed by atoms with Gasteiger partial charge in [-0.3, -0.25) is 4.83 Å². The van der Waals surface area contributed by atoms with E-state index in [-0.39, 0.29) is 74.3 Å². The van der Waals surface area contributed by atoms with Crippen LogP contribution in [0.25, 0.3) is 4.83 Å².